The summed E-state index contributed by atoms with van der Waals surface area (Å²) in [5.74, 6) is 0.602. The molecule has 0 aliphatic heterocycles. The van der Waals surface area contributed by atoms with Crippen LogP contribution in [0.4, 0.5) is 0 Å². The fourth-order valence-electron chi connectivity index (χ4n) is 3.63. The van der Waals surface area contributed by atoms with Gasteiger partial charge in [-0.1, -0.05) is 91.2 Å². The monoisotopic (exact) mass is 403 g/mol. The Labute approximate surface area is 182 Å². The minimum atomic E-state index is 0.353. The molecule has 29 heavy (non-hydrogen) atoms. The van der Waals surface area contributed by atoms with Gasteiger partial charge in [-0.2, -0.15) is 0 Å². The Morgan fingerprint density at radius 3 is 2.17 bits per heavy atom. The molecule has 0 aliphatic rings. The van der Waals surface area contributed by atoms with E-state index in [0.717, 1.165) is 30.9 Å². The van der Waals surface area contributed by atoms with Crippen LogP contribution in [0.1, 0.15) is 86.0 Å². The molecule has 0 amide bonds. The molecule has 0 fully saturated rings. The molecular weight excluding hydrogens is 354 g/mol. The molecule has 0 radical (unpaired) electrons. The third-order valence-corrected chi connectivity index (χ3v) is 5.85. The van der Waals surface area contributed by atoms with Crippen molar-refractivity contribution in [2.75, 3.05) is 19.6 Å². The van der Waals surface area contributed by atoms with Crippen molar-refractivity contribution >= 4 is 0 Å². The zero-order chi connectivity index (χ0) is 22.1. The molecule has 0 aliphatic carbocycles. The van der Waals surface area contributed by atoms with Crippen molar-refractivity contribution in [2.24, 2.45) is 17.1 Å². The number of nitrogens with two attached hydrogens (primary N) is 1. The molecule has 3 nitrogen and oxygen atoms in total. The van der Waals surface area contributed by atoms with E-state index in [9.17, 15) is 0 Å². The summed E-state index contributed by atoms with van der Waals surface area (Å²) in [4.78, 5) is 0. The third-order valence-electron chi connectivity index (χ3n) is 5.85. The predicted molar refractivity (Wildman–Crippen MR) is 132 cm³/mol. The lowest BCUT2D eigenvalue weighted by Crippen LogP contribution is -2.23. The molecular formula is C26H49N3. The normalized spacial score (nSPS) is 13.5. The van der Waals surface area contributed by atoms with E-state index in [2.05, 4.69) is 76.6 Å². The summed E-state index contributed by atoms with van der Waals surface area (Å²) in [5.41, 5.74) is 9.34. The highest BCUT2D eigenvalue weighted by Crippen LogP contribution is 2.38. The van der Waals surface area contributed by atoms with Gasteiger partial charge in [0.05, 0.1) is 0 Å². The van der Waals surface area contributed by atoms with Crippen molar-refractivity contribution < 1.29 is 0 Å². The molecule has 0 rings (SSSR count). The molecule has 168 valence electrons. The van der Waals surface area contributed by atoms with Crippen molar-refractivity contribution in [1.29, 1.82) is 0 Å². The Morgan fingerprint density at radius 1 is 1.00 bits per heavy atom. The summed E-state index contributed by atoms with van der Waals surface area (Å²) in [6.45, 7) is 22.2. The van der Waals surface area contributed by atoms with E-state index < -0.39 is 0 Å². The van der Waals surface area contributed by atoms with Crippen LogP contribution >= 0.6 is 0 Å². The summed E-state index contributed by atoms with van der Waals surface area (Å²) < 4.78 is 0. The van der Waals surface area contributed by atoms with Gasteiger partial charge in [0.15, 0.2) is 0 Å². The molecule has 1 atom stereocenters. The maximum absolute atomic E-state index is 5.51. The standard InChI is InChI=1S/C26H49N3/c1-8-15-25(24(5)26(6,7)18-9-2)17-14-16-22(3)28-19-12-10-11-13-20-29-23(4)21-27/h14,16-17,24,28-29H,3-4,8-13,15,18-21,27H2,1-2,5-7H3/b16-14-,25-17-. The van der Waals surface area contributed by atoms with Crippen LogP contribution in [0.25, 0.3) is 0 Å². The van der Waals surface area contributed by atoms with E-state index in [0.29, 0.717) is 17.9 Å². The number of hydrogen-bond acceptors (Lipinski definition) is 3. The topological polar surface area (TPSA) is 50.1 Å². The molecule has 4 N–H and O–H groups in total. The Bertz CT molecular complexity index is 514. The van der Waals surface area contributed by atoms with Gasteiger partial charge in [-0.25, -0.2) is 0 Å². The maximum atomic E-state index is 5.51. The van der Waals surface area contributed by atoms with Crippen LogP contribution < -0.4 is 16.4 Å². The van der Waals surface area contributed by atoms with E-state index >= 15 is 0 Å². The zero-order valence-corrected chi connectivity index (χ0v) is 20.1. The van der Waals surface area contributed by atoms with Gasteiger partial charge in [0.25, 0.3) is 0 Å². The third kappa shape index (κ3) is 13.4. The van der Waals surface area contributed by atoms with Crippen LogP contribution in [0.5, 0.6) is 0 Å². The van der Waals surface area contributed by atoms with Gasteiger partial charge < -0.3 is 16.4 Å². The van der Waals surface area contributed by atoms with Gasteiger partial charge >= 0.3 is 0 Å². The highest BCUT2D eigenvalue weighted by molar-refractivity contribution is 5.22. The van der Waals surface area contributed by atoms with E-state index in [4.69, 9.17) is 5.73 Å². The van der Waals surface area contributed by atoms with Crippen LogP contribution in [0.3, 0.4) is 0 Å². The molecule has 3 heteroatoms. The summed E-state index contributed by atoms with van der Waals surface area (Å²) in [7, 11) is 0. The number of nitrogens with one attached hydrogen (secondary N) is 2. The van der Waals surface area contributed by atoms with Crippen molar-refractivity contribution in [3.63, 3.8) is 0 Å². The van der Waals surface area contributed by atoms with Crippen molar-refractivity contribution in [1.82, 2.24) is 10.6 Å². The first-order valence-electron chi connectivity index (χ1n) is 11.7. The molecule has 0 bridgehead atoms. The molecule has 0 saturated heterocycles. The summed E-state index contributed by atoms with van der Waals surface area (Å²) in [6, 6.07) is 0. The first kappa shape index (κ1) is 27.5. The predicted octanol–water partition coefficient (Wildman–Crippen LogP) is 6.46. The lowest BCUT2D eigenvalue weighted by atomic mass is 9.72. The molecule has 1 unspecified atom stereocenters. The molecule has 0 heterocycles. The average Bonchev–Trinajstić information content (AvgIpc) is 2.68. The average molecular weight is 404 g/mol. The summed E-state index contributed by atoms with van der Waals surface area (Å²) >= 11 is 0. The van der Waals surface area contributed by atoms with Crippen LogP contribution in [0.2, 0.25) is 0 Å². The quantitative estimate of drug-likeness (QED) is 0.182. The van der Waals surface area contributed by atoms with Gasteiger partial charge in [0.1, 0.15) is 0 Å². The van der Waals surface area contributed by atoms with Crippen molar-refractivity contribution in [3.05, 3.63) is 48.4 Å². The lowest BCUT2D eigenvalue weighted by Gasteiger charge is -2.33. The van der Waals surface area contributed by atoms with E-state index in [1.807, 2.05) is 0 Å². The van der Waals surface area contributed by atoms with E-state index in [1.54, 1.807) is 5.57 Å². The first-order chi connectivity index (χ1) is 13.8. The summed E-state index contributed by atoms with van der Waals surface area (Å²) in [5, 5.41) is 6.67. The smallest absolute Gasteiger partial charge is 0.0322 e. The summed E-state index contributed by atoms with van der Waals surface area (Å²) in [6.07, 6.45) is 16.3. The molecule has 0 spiro atoms. The second-order valence-electron chi connectivity index (χ2n) is 8.91. The second-order valence-corrected chi connectivity index (χ2v) is 8.91. The molecule has 0 aromatic heterocycles. The maximum Gasteiger partial charge on any atom is 0.0322 e. The Hall–Kier alpha value is -1.48. The molecule has 0 aromatic rings. The van der Waals surface area contributed by atoms with Gasteiger partial charge in [-0.15, -0.1) is 0 Å². The fraction of sp³-hybridized carbons (Fsp3) is 0.692. The van der Waals surface area contributed by atoms with Crippen molar-refractivity contribution in [2.45, 2.75) is 86.0 Å². The first-order valence-corrected chi connectivity index (χ1v) is 11.7. The van der Waals surface area contributed by atoms with Crippen molar-refractivity contribution in [3.8, 4) is 0 Å². The highest BCUT2D eigenvalue weighted by atomic mass is 14.9. The number of rotatable bonds is 18. The highest BCUT2D eigenvalue weighted by Gasteiger charge is 2.26. The zero-order valence-electron chi connectivity index (χ0n) is 20.1. The lowest BCUT2D eigenvalue weighted by molar-refractivity contribution is 0.237. The van der Waals surface area contributed by atoms with Gasteiger partial charge in [-0.3, -0.25) is 0 Å². The van der Waals surface area contributed by atoms with Crippen LogP contribution in [-0.2, 0) is 0 Å². The SMILES string of the molecule is C=C(/C=C\C=C(\CCC)C(C)C(C)(C)CCC)NCCCCCCNC(=C)CN. The van der Waals surface area contributed by atoms with Crippen LogP contribution in [-0.4, -0.2) is 19.6 Å². The van der Waals surface area contributed by atoms with Gasteiger partial charge in [0, 0.05) is 31.0 Å². The van der Waals surface area contributed by atoms with E-state index in [1.165, 1.54) is 44.9 Å². The molecule has 0 saturated carbocycles. The number of unbranched alkanes of at least 4 members (excludes halogenated alkanes) is 3. The van der Waals surface area contributed by atoms with E-state index in [-0.39, 0.29) is 0 Å². The number of hydrogen-bond donors (Lipinski definition) is 3. The van der Waals surface area contributed by atoms with Gasteiger partial charge in [-0.05, 0) is 43.1 Å². The minimum Gasteiger partial charge on any atom is -0.388 e. The molecule has 0 aromatic carbocycles. The Balaban J connectivity index is 4.24. The minimum absolute atomic E-state index is 0.353. The number of allylic oxidation sites excluding steroid dienone is 4. The second kappa shape index (κ2) is 16.3. The van der Waals surface area contributed by atoms with Gasteiger partial charge in [0.2, 0.25) is 0 Å². The fourth-order valence-corrected chi connectivity index (χ4v) is 3.63. The van der Waals surface area contributed by atoms with Crippen LogP contribution in [0.15, 0.2) is 48.4 Å². The Morgan fingerprint density at radius 2 is 1.62 bits per heavy atom. The largest absolute Gasteiger partial charge is 0.388 e. The Kier molecular flexibility index (Phi) is 15.5. The van der Waals surface area contributed by atoms with Crippen LogP contribution in [0, 0.1) is 11.3 Å².